The van der Waals surface area contributed by atoms with Gasteiger partial charge in [-0.3, -0.25) is 9.10 Å². The molecule has 0 aromatic heterocycles. The Kier molecular flexibility index (Phi) is 6.35. The SMILES string of the molecule is COc1ccccc1/C=N\NC(=O)[C@H](C)N(c1ccccc1)S(C)(=O)=O. The molecule has 1 amide bonds. The molecule has 0 bridgehead atoms. The molecule has 8 heteroatoms. The molecule has 0 aliphatic carbocycles. The highest BCUT2D eigenvalue weighted by molar-refractivity contribution is 7.92. The minimum absolute atomic E-state index is 0.409. The lowest BCUT2D eigenvalue weighted by atomic mass is 10.2. The highest BCUT2D eigenvalue weighted by Crippen LogP contribution is 2.20. The number of benzene rings is 2. The Morgan fingerprint density at radius 1 is 1.15 bits per heavy atom. The van der Waals surface area contributed by atoms with Crippen LogP contribution in [-0.4, -0.2) is 39.9 Å². The minimum Gasteiger partial charge on any atom is -0.496 e. The fraction of sp³-hybridized carbons (Fsp3) is 0.222. The van der Waals surface area contributed by atoms with Crippen LogP contribution < -0.4 is 14.5 Å². The fourth-order valence-electron chi connectivity index (χ4n) is 2.42. The number of hydrazone groups is 1. The minimum atomic E-state index is -3.65. The third kappa shape index (κ3) is 4.82. The van der Waals surface area contributed by atoms with E-state index in [1.165, 1.54) is 20.2 Å². The first-order valence-corrected chi connectivity index (χ1v) is 9.70. The lowest BCUT2D eigenvalue weighted by Crippen LogP contribution is -2.46. The summed E-state index contributed by atoms with van der Waals surface area (Å²) >= 11 is 0. The molecule has 0 spiro atoms. The van der Waals surface area contributed by atoms with Gasteiger partial charge in [-0.1, -0.05) is 30.3 Å². The molecule has 2 aromatic carbocycles. The normalized spacial score (nSPS) is 12.6. The van der Waals surface area contributed by atoms with Crippen molar-refractivity contribution in [2.24, 2.45) is 5.10 Å². The average Bonchev–Trinajstić information content (AvgIpc) is 2.61. The Hall–Kier alpha value is -2.87. The van der Waals surface area contributed by atoms with Crippen LogP contribution in [0.25, 0.3) is 0 Å². The Balaban J connectivity index is 2.16. The number of carbonyl (C=O) groups excluding carboxylic acids is 1. The van der Waals surface area contributed by atoms with E-state index in [4.69, 9.17) is 4.74 Å². The molecule has 0 saturated heterocycles. The van der Waals surface area contributed by atoms with Gasteiger partial charge in [0.1, 0.15) is 11.8 Å². The number of methoxy groups -OCH3 is 1. The van der Waals surface area contributed by atoms with Crippen LogP contribution in [-0.2, 0) is 14.8 Å². The number of anilines is 1. The van der Waals surface area contributed by atoms with Crippen molar-refractivity contribution in [2.45, 2.75) is 13.0 Å². The van der Waals surface area contributed by atoms with Crippen LogP contribution in [0.15, 0.2) is 59.7 Å². The third-order valence-corrected chi connectivity index (χ3v) is 4.86. The number of carbonyl (C=O) groups is 1. The number of hydrogen-bond donors (Lipinski definition) is 1. The second kappa shape index (κ2) is 8.48. The summed E-state index contributed by atoms with van der Waals surface area (Å²) in [6.45, 7) is 1.50. The Morgan fingerprint density at radius 2 is 1.77 bits per heavy atom. The lowest BCUT2D eigenvalue weighted by molar-refractivity contribution is -0.121. The van der Waals surface area contributed by atoms with Crippen molar-refractivity contribution < 1.29 is 17.9 Å². The third-order valence-electron chi connectivity index (χ3n) is 3.62. The number of ether oxygens (including phenoxy) is 1. The van der Waals surface area contributed by atoms with Crippen LogP contribution in [0.3, 0.4) is 0 Å². The highest BCUT2D eigenvalue weighted by Gasteiger charge is 2.28. The highest BCUT2D eigenvalue weighted by atomic mass is 32.2. The van der Waals surface area contributed by atoms with E-state index in [0.717, 1.165) is 10.6 Å². The standard InChI is InChI=1S/C18H21N3O4S/c1-14(21(26(3,23)24)16-10-5-4-6-11-16)18(22)20-19-13-15-9-7-8-12-17(15)25-2/h4-14H,1-3H3,(H,20,22)/b19-13-/t14-/m0/s1. The average molecular weight is 375 g/mol. The lowest BCUT2D eigenvalue weighted by Gasteiger charge is -2.27. The van der Waals surface area contributed by atoms with Gasteiger partial charge in [0.25, 0.3) is 5.91 Å². The summed E-state index contributed by atoms with van der Waals surface area (Å²) in [6, 6.07) is 14.7. The van der Waals surface area contributed by atoms with Crippen LogP contribution in [0.1, 0.15) is 12.5 Å². The molecule has 1 N–H and O–H groups in total. The molecule has 26 heavy (non-hydrogen) atoms. The van der Waals surface area contributed by atoms with Crippen molar-refractivity contribution >= 4 is 27.8 Å². The second-order valence-electron chi connectivity index (χ2n) is 5.55. The van der Waals surface area contributed by atoms with Crippen molar-refractivity contribution in [3.8, 4) is 5.75 Å². The summed E-state index contributed by atoms with van der Waals surface area (Å²) in [5.74, 6) is 0.0611. The maximum absolute atomic E-state index is 12.4. The number of nitrogens with zero attached hydrogens (tertiary/aromatic N) is 2. The van der Waals surface area contributed by atoms with Gasteiger partial charge in [0.15, 0.2) is 0 Å². The largest absolute Gasteiger partial charge is 0.496 e. The maximum Gasteiger partial charge on any atom is 0.263 e. The van der Waals surface area contributed by atoms with Gasteiger partial charge in [-0.15, -0.1) is 0 Å². The molecule has 2 aromatic rings. The Morgan fingerprint density at radius 3 is 2.38 bits per heavy atom. The first kappa shape index (κ1) is 19.5. The van der Waals surface area contributed by atoms with Crippen molar-refractivity contribution in [3.05, 3.63) is 60.2 Å². The molecule has 138 valence electrons. The van der Waals surface area contributed by atoms with Gasteiger partial charge in [0, 0.05) is 5.56 Å². The Bertz CT molecular complexity index is 882. The molecule has 0 aliphatic rings. The quantitative estimate of drug-likeness (QED) is 0.592. The van der Waals surface area contributed by atoms with Crippen LogP contribution >= 0.6 is 0 Å². The summed E-state index contributed by atoms with van der Waals surface area (Å²) in [7, 11) is -2.11. The molecule has 0 radical (unpaired) electrons. The molecule has 2 rings (SSSR count). The van der Waals surface area contributed by atoms with Gasteiger partial charge in [-0.05, 0) is 31.2 Å². The van der Waals surface area contributed by atoms with E-state index < -0.39 is 22.0 Å². The van der Waals surface area contributed by atoms with Crippen molar-refractivity contribution in [1.82, 2.24) is 5.43 Å². The summed E-state index contributed by atoms with van der Waals surface area (Å²) in [4.78, 5) is 12.4. The van der Waals surface area contributed by atoms with Crippen molar-refractivity contribution in [3.63, 3.8) is 0 Å². The number of hydrogen-bond acceptors (Lipinski definition) is 5. The fourth-order valence-corrected chi connectivity index (χ4v) is 3.59. The molecule has 0 saturated carbocycles. The smallest absolute Gasteiger partial charge is 0.263 e. The second-order valence-corrected chi connectivity index (χ2v) is 7.41. The molecule has 7 nitrogen and oxygen atoms in total. The first-order valence-electron chi connectivity index (χ1n) is 7.85. The van der Waals surface area contributed by atoms with E-state index in [2.05, 4.69) is 10.5 Å². The zero-order valence-corrected chi connectivity index (χ0v) is 15.6. The summed E-state index contributed by atoms with van der Waals surface area (Å²) in [6.07, 6.45) is 2.50. The molecule has 1 atom stereocenters. The predicted octanol–water partition coefficient (Wildman–Crippen LogP) is 2.00. The molecular weight excluding hydrogens is 354 g/mol. The van der Waals surface area contributed by atoms with E-state index >= 15 is 0 Å². The van der Waals surface area contributed by atoms with E-state index in [0.29, 0.717) is 17.0 Å². The number of sulfonamides is 1. The molecule has 0 aliphatic heterocycles. The van der Waals surface area contributed by atoms with Gasteiger partial charge in [0.05, 0.1) is 25.3 Å². The topological polar surface area (TPSA) is 88.1 Å². The molecule has 0 unspecified atom stereocenters. The Labute approximate surface area is 153 Å². The first-order chi connectivity index (χ1) is 12.3. The maximum atomic E-state index is 12.4. The number of para-hydroxylation sites is 2. The summed E-state index contributed by atoms with van der Waals surface area (Å²) < 4.78 is 30.6. The van der Waals surface area contributed by atoms with Crippen LogP contribution in [0, 0.1) is 0 Å². The van der Waals surface area contributed by atoms with Gasteiger partial charge in [-0.2, -0.15) is 5.10 Å². The van der Waals surface area contributed by atoms with E-state index in [1.54, 1.807) is 42.5 Å². The molecular formula is C18H21N3O4S. The van der Waals surface area contributed by atoms with Crippen molar-refractivity contribution in [2.75, 3.05) is 17.7 Å². The number of amides is 1. The summed E-state index contributed by atoms with van der Waals surface area (Å²) in [5, 5.41) is 3.90. The van der Waals surface area contributed by atoms with Gasteiger partial charge in [0.2, 0.25) is 10.0 Å². The number of rotatable bonds is 7. The zero-order chi connectivity index (χ0) is 19.2. The van der Waals surface area contributed by atoms with Crippen LogP contribution in [0.4, 0.5) is 5.69 Å². The number of nitrogens with one attached hydrogen (secondary N) is 1. The van der Waals surface area contributed by atoms with Crippen LogP contribution in [0.5, 0.6) is 5.75 Å². The molecule has 0 heterocycles. The molecule has 0 fully saturated rings. The van der Waals surface area contributed by atoms with E-state index in [9.17, 15) is 13.2 Å². The monoisotopic (exact) mass is 375 g/mol. The van der Waals surface area contributed by atoms with Gasteiger partial charge >= 0.3 is 0 Å². The van der Waals surface area contributed by atoms with E-state index in [-0.39, 0.29) is 0 Å². The van der Waals surface area contributed by atoms with Gasteiger partial charge in [-0.25, -0.2) is 13.8 Å². The van der Waals surface area contributed by atoms with Crippen molar-refractivity contribution in [1.29, 1.82) is 0 Å². The predicted molar refractivity (Wildman–Crippen MR) is 102 cm³/mol. The summed E-state index contributed by atoms with van der Waals surface area (Å²) in [5.41, 5.74) is 3.47. The van der Waals surface area contributed by atoms with E-state index in [1.807, 2.05) is 12.1 Å². The van der Waals surface area contributed by atoms with Crippen LogP contribution in [0.2, 0.25) is 0 Å². The zero-order valence-electron chi connectivity index (χ0n) is 14.8. The van der Waals surface area contributed by atoms with Gasteiger partial charge < -0.3 is 4.74 Å².